The molecule has 0 unspecified atom stereocenters. The van der Waals surface area contributed by atoms with Gasteiger partial charge in [0.15, 0.2) is 5.78 Å². The number of carbonyl (C=O) groups is 2. The smallest absolute Gasteiger partial charge is 0.225 e. The number of rotatable bonds is 7. The van der Waals surface area contributed by atoms with E-state index in [0.29, 0.717) is 17.0 Å². The fraction of sp³-hybridized carbons (Fsp3) is 0.0625. The molecule has 6 heteroatoms. The highest BCUT2D eigenvalue weighted by Gasteiger charge is 2.08. The standard InChI is InChI=1S/C16H15N3O2S/c20-11-17-19-14-8-6-13(7-9-14)18-16(22)10-15(21)12-4-2-1-3-5-12/h1-9,11,19H,10H2,(H,17,20)(H,18,22). The third-order valence-electron chi connectivity index (χ3n) is 2.86. The summed E-state index contributed by atoms with van der Waals surface area (Å²) >= 11 is 5.21. The Morgan fingerprint density at radius 3 is 2.27 bits per heavy atom. The van der Waals surface area contributed by atoms with Crippen molar-refractivity contribution < 1.29 is 9.59 Å². The predicted molar refractivity (Wildman–Crippen MR) is 90.9 cm³/mol. The molecule has 5 nitrogen and oxygen atoms in total. The van der Waals surface area contributed by atoms with E-state index in [4.69, 9.17) is 12.2 Å². The van der Waals surface area contributed by atoms with Crippen LogP contribution in [-0.2, 0) is 4.79 Å². The van der Waals surface area contributed by atoms with Crippen molar-refractivity contribution in [1.29, 1.82) is 0 Å². The molecule has 0 atom stereocenters. The number of carbonyl (C=O) groups excluding carboxylic acids is 2. The Balaban J connectivity index is 1.89. The molecule has 0 bridgehead atoms. The first kappa shape index (κ1) is 15.7. The zero-order chi connectivity index (χ0) is 15.8. The number of thiocarbonyl (C=S) groups is 1. The molecule has 2 aromatic rings. The van der Waals surface area contributed by atoms with Gasteiger partial charge in [-0.25, -0.2) is 0 Å². The maximum absolute atomic E-state index is 12.0. The van der Waals surface area contributed by atoms with Crippen molar-refractivity contribution in [3.8, 4) is 0 Å². The summed E-state index contributed by atoms with van der Waals surface area (Å²) in [5.74, 6) is -0.0217. The highest BCUT2D eigenvalue weighted by atomic mass is 32.1. The van der Waals surface area contributed by atoms with Gasteiger partial charge in [-0.05, 0) is 24.3 Å². The number of nitrogens with one attached hydrogen (secondary N) is 3. The van der Waals surface area contributed by atoms with Gasteiger partial charge in [0, 0.05) is 11.3 Å². The number of Topliss-reactive ketones (excluding diaryl/α,β-unsaturated/α-hetero) is 1. The summed E-state index contributed by atoms with van der Waals surface area (Å²) in [6, 6.07) is 16.2. The summed E-state index contributed by atoms with van der Waals surface area (Å²) in [7, 11) is 0. The van der Waals surface area contributed by atoms with E-state index >= 15 is 0 Å². The van der Waals surface area contributed by atoms with Crippen LogP contribution in [0.1, 0.15) is 16.8 Å². The quantitative estimate of drug-likeness (QED) is 0.317. The Hall–Kier alpha value is -2.73. The second kappa shape index (κ2) is 7.90. The normalized spacial score (nSPS) is 9.64. The predicted octanol–water partition coefficient (Wildman–Crippen LogP) is 2.77. The Morgan fingerprint density at radius 2 is 1.64 bits per heavy atom. The molecule has 0 fully saturated rings. The SMILES string of the molecule is O=CNNc1ccc(NC(=S)CC(=O)c2ccccc2)cc1. The van der Waals surface area contributed by atoms with E-state index in [0.717, 1.165) is 11.4 Å². The number of anilines is 2. The van der Waals surface area contributed by atoms with Gasteiger partial charge in [-0.3, -0.25) is 20.4 Å². The summed E-state index contributed by atoms with van der Waals surface area (Å²) in [5, 5.41) is 3.02. The minimum Gasteiger partial charge on any atom is -0.350 e. The van der Waals surface area contributed by atoms with Gasteiger partial charge in [-0.15, -0.1) is 0 Å². The van der Waals surface area contributed by atoms with E-state index in [9.17, 15) is 9.59 Å². The van der Waals surface area contributed by atoms with E-state index in [-0.39, 0.29) is 12.2 Å². The van der Waals surface area contributed by atoms with E-state index < -0.39 is 0 Å². The molecule has 0 radical (unpaired) electrons. The second-order valence-corrected chi connectivity index (χ2v) is 4.97. The molecule has 22 heavy (non-hydrogen) atoms. The van der Waals surface area contributed by atoms with E-state index in [1.54, 1.807) is 36.4 Å². The average Bonchev–Trinajstić information content (AvgIpc) is 2.55. The molecule has 0 saturated heterocycles. The Morgan fingerprint density at radius 1 is 1.00 bits per heavy atom. The maximum atomic E-state index is 12.0. The topological polar surface area (TPSA) is 70.2 Å². The lowest BCUT2D eigenvalue weighted by atomic mass is 10.1. The molecule has 0 heterocycles. The van der Waals surface area contributed by atoms with Crippen LogP contribution in [0.15, 0.2) is 54.6 Å². The summed E-state index contributed by atoms with van der Waals surface area (Å²) in [5.41, 5.74) is 7.21. The first-order valence-corrected chi connectivity index (χ1v) is 7.03. The van der Waals surface area contributed by atoms with Crippen LogP contribution in [0.4, 0.5) is 11.4 Å². The summed E-state index contributed by atoms with van der Waals surface area (Å²) in [6.07, 6.45) is 0.711. The van der Waals surface area contributed by atoms with Crippen molar-refractivity contribution in [3.05, 3.63) is 60.2 Å². The Labute approximate surface area is 133 Å². The molecule has 2 aromatic carbocycles. The summed E-state index contributed by atoms with van der Waals surface area (Å²) < 4.78 is 0. The van der Waals surface area contributed by atoms with Crippen LogP contribution in [-0.4, -0.2) is 17.2 Å². The highest BCUT2D eigenvalue weighted by molar-refractivity contribution is 7.80. The van der Waals surface area contributed by atoms with Gasteiger partial charge in [0.25, 0.3) is 0 Å². The molecule has 0 aromatic heterocycles. The second-order valence-electron chi connectivity index (χ2n) is 4.48. The monoisotopic (exact) mass is 313 g/mol. The lowest BCUT2D eigenvalue weighted by molar-refractivity contribution is -0.109. The van der Waals surface area contributed by atoms with Crippen molar-refractivity contribution in [2.75, 3.05) is 10.7 Å². The molecule has 3 N–H and O–H groups in total. The maximum Gasteiger partial charge on any atom is 0.225 e. The molecular weight excluding hydrogens is 298 g/mol. The number of hydrogen-bond donors (Lipinski definition) is 3. The van der Waals surface area contributed by atoms with Gasteiger partial charge in [-0.1, -0.05) is 42.5 Å². The summed E-state index contributed by atoms with van der Waals surface area (Å²) in [4.78, 5) is 22.7. The Kier molecular flexibility index (Phi) is 5.62. The zero-order valence-corrected chi connectivity index (χ0v) is 12.5. The van der Waals surface area contributed by atoms with Crippen molar-refractivity contribution in [2.45, 2.75) is 6.42 Å². The third kappa shape index (κ3) is 4.68. The molecule has 112 valence electrons. The highest BCUT2D eigenvalue weighted by Crippen LogP contribution is 2.14. The molecule has 2 rings (SSSR count). The number of amides is 1. The van der Waals surface area contributed by atoms with Gasteiger partial charge in [-0.2, -0.15) is 0 Å². The molecular formula is C16H15N3O2S. The first-order chi connectivity index (χ1) is 10.7. The lowest BCUT2D eigenvalue weighted by Crippen LogP contribution is -2.19. The molecule has 0 aliphatic carbocycles. The number of ketones is 1. The van der Waals surface area contributed by atoms with E-state index in [2.05, 4.69) is 16.2 Å². The van der Waals surface area contributed by atoms with Crippen LogP contribution >= 0.6 is 12.2 Å². The van der Waals surface area contributed by atoms with Crippen molar-refractivity contribution in [3.63, 3.8) is 0 Å². The molecule has 0 aliphatic rings. The number of benzene rings is 2. The minimum absolute atomic E-state index is 0.0217. The first-order valence-electron chi connectivity index (χ1n) is 6.62. The van der Waals surface area contributed by atoms with Gasteiger partial charge in [0.05, 0.1) is 17.1 Å². The van der Waals surface area contributed by atoms with Gasteiger partial charge in [0.2, 0.25) is 6.41 Å². The van der Waals surface area contributed by atoms with Crippen LogP contribution < -0.4 is 16.2 Å². The van der Waals surface area contributed by atoms with Gasteiger partial charge < -0.3 is 5.32 Å². The average molecular weight is 313 g/mol. The molecule has 0 spiro atoms. The van der Waals surface area contributed by atoms with E-state index in [1.807, 2.05) is 18.2 Å². The van der Waals surface area contributed by atoms with Crippen LogP contribution in [0.5, 0.6) is 0 Å². The van der Waals surface area contributed by atoms with Crippen LogP contribution in [0.2, 0.25) is 0 Å². The fourth-order valence-corrected chi connectivity index (χ4v) is 2.08. The fourth-order valence-electron chi connectivity index (χ4n) is 1.83. The number of hydrogen-bond acceptors (Lipinski definition) is 4. The lowest BCUT2D eigenvalue weighted by Gasteiger charge is -2.09. The van der Waals surface area contributed by atoms with Crippen LogP contribution in [0, 0.1) is 0 Å². The van der Waals surface area contributed by atoms with Crippen molar-refractivity contribution in [1.82, 2.24) is 5.43 Å². The van der Waals surface area contributed by atoms with Gasteiger partial charge in [0.1, 0.15) is 0 Å². The molecule has 0 saturated carbocycles. The van der Waals surface area contributed by atoms with Crippen molar-refractivity contribution >= 4 is 40.8 Å². The van der Waals surface area contributed by atoms with Crippen LogP contribution in [0.3, 0.4) is 0 Å². The van der Waals surface area contributed by atoms with Crippen molar-refractivity contribution in [2.24, 2.45) is 0 Å². The third-order valence-corrected chi connectivity index (χ3v) is 3.11. The summed E-state index contributed by atoms with van der Waals surface area (Å²) in [6.45, 7) is 0. The minimum atomic E-state index is -0.0217. The molecule has 1 amide bonds. The largest absolute Gasteiger partial charge is 0.350 e. The zero-order valence-electron chi connectivity index (χ0n) is 11.7. The van der Waals surface area contributed by atoms with Gasteiger partial charge >= 0.3 is 0 Å². The van der Waals surface area contributed by atoms with E-state index in [1.165, 1.54) is 0 Å². The van der Waals surface area contributed by atoms with Crippen LogP contribution in [0.25, 0.3) is 0 Å². The molecule has 0 aliphatic heterocycles. The Bertz CT molecular complexity index is 657. The number of hydrazine groups is 1.